The number of ether oxygens (including phenoxy) is 1. The molecule has 0 aliphatic carbocycles. The smallest absolute Gasteiger partial charge is 0.410 e. The predicted octanol–water partition coefficient (Wildman–Crippen LogP) is 3.83. The standard InChI is InChI=1S/C20H20N4O3/c1-3-11-22-19(25)23-16-7-5-9-18(14-16)27-20(26)24(12-10-21)17-8-4-6-15(2)13-17/h3-9,13-14H,1,11-12H2,2H3,(H2,22,23,25). The lowest BCUT2D eigenvalue weighted by Crippen LogP contribution is -2.34. The quantitative estimate of drug-likeness (QED) is 0.601. The van der Waals surface area contributed by atoms with Crippen molar-refractivity contribution in [3.63, 3.8) is 0 Å². The number of hydrogen-bond donors (Lipinski definition) is 2. The summed E-state index contributed by atoms with van der Waals surface area (Å²) in [6.45, 7) is 5.60. The van der Waals surface area contributed by atoms with E-state index in [1.54, 1.807) is 42.5 Å². The number of urea groups is 1. The van der Waals surface area contributed by atoms with Crippen LogP contribution in [0.2, 0.25) is 0 Å². The Balaban J connectivity index is 2.11. The van der Waals surface area contributed by atoms with Crippen LogP contribution in [0.4, 0.5) is 21.0 Å². The average Bonchev–Trinajstić information content (AvgIpc) is 2.64. The van der Waals surface area contributed by atoms with Crippen LogP contribution in [0.5, 0.6) is 5.75 Å². The lowest BCUT2D eigenvalue weighted by atomic mass is 10.2. The van der Waals surface area contributed by atoms with Gasteiger partial charge in [0.2, 0.25) is 0 Å². The van der Waals surface area contributed by atoms with Gasteiger partial charge in [-0.3, -0.25) is 4.90 Å². The van der Waals surface area contributed by atoms with Crippen LogP contribution in [0.15, 0.2) is 61.2 Å². The topological polar surface area (TPSA) is 94.5 Å². The minimum Gasteiger partial charge on any atom is -0.410 e. The van der Waals surface area contributed by atoms with Crippen molar-refractivity contribution >= 4 is 23.5 Å². The maximum atomic E-state index is 12.5. The van der Waals surface area contributed by atoms with E-state index in [0.29, 0.717) is 17.9 Å². The SMILES string of the molecule is C=CCNC(=O)Nc1cccc(OC(=O)N(CC#N)c2cccc(C)c2)c1. The zero-order valence-electron chi connectivity index (χ0n) is 14.9. The molecule has 2 aromatic carbocycles. The molecule has 3 amide bonds. The molecule has 7 nitrogen and oxygen atoms in total. The molecule has 2 rings (SSSR count). The molecule has 27 heavy (non-hydrogen) atoms. The zero-order chi connectivity index (χ0) is 19.6. The number of nitrogens with zero attached hydrogens (tertiary/aromatic N) is 2. The number of benzene rings is 2. The third-order valence-electron chi connectivity index (χ3n) is 3.47. The number of nitrogens with one attached hydrogen (secondary N) is 2. The van der Waals surface area contributed by atoms with Gasteiger partial charge in [-0.1, -0.05) is 24.3 Å². The first-order chi connectivity index (χ1) is 13.0. The fourth-order valence-corrected chi connectivity index (χ4v) is 2.26. The van der Waals surface area contributed by atoms with Crippen molar-refractivity contribution < 1.29 is 14.3 Å². The molecule has 7 heteroatoms. The van der Waals surface area contributed by atoms with Crippen molar-refractivity contribution in [2.45, 2.75) is 6.92 Å². The highest BCUT2D eigenvalue weighted by molar-refractivity contribution is 5.91. The summed E-state index contributed by atoms with van der Waals surface area (Å²) in [7, 11) is 0. The highest BCUT2D eigenvalue weighted by Crippen LogP contribution is 2.21. The van der Waals surface area contributed by atoms with Crippen molar-refractivity contribution in [1.29, 1.82) is 5.26 Å². The van der Waals surface area contributed by atoms with Gasteiger partial charge in [0, 0.05) is 24.0 Å². The molecule has 0 heterocycles. The number of rotatable bonds is 6. The summed E-state index contributed by atoms with van der Waals surface area (Å²) in [5.74, 6) is 0.247. The molecule has 0 unspecified atom stereocenters. The van der Waals surface area contributed by atoms with Crippen LogP contribution < -0.4 is 20.3 Å². The number of anilines is 2. The van der Waals surface area contributed by atoms with Gasteiger partial charge in [0.25, 0.3) is 0 Å². The molecule has 0 saturated heterocycles. The largest absolute Gasteiger partial charge is 0.420 e. The Bertz CT molecular complexity index is 874. The van der Waals surface area contributed by atoms with E-state index < -0.39 is 12.1 Å². The number of nitriles is 1. The molecule has 2 aromatic rings. The summed E-state index contributed by atoms with van der Waals surface area (Å²) < 4.78 is 5.37. The van der Waals surface area contributed by atoms with Gasteiger partial charge < -0.3 is 15.4 Å². The monoisotopic (exact) mass is 364 g/mol. The third kappa shape index (κ3) is 5.90. The van der Waals surface area contributed by atoms with Crippen LogP contribution >= 0.6 is 0 Å². The first-order valence-electron chi connectivity index (χ1n) is 8.22. The van der Waals surface area contributed by atoms with Crippen LogP contribution in [0.3, 0.4) is 0 Å². The molecule has 0 radical (unpaired) electrons. The van der Waals surface area contributed by atoms with E-state index in [4.69, 9.17) is 10.00 Å². The highest BCUT2D eigenvalue weighted by Gasteiger charge is 2.18. The van der Waals surface area contributed by atoms with Crippen molar-refractivity contribution in [1.82, 2.24) is 5.32 Å². The number of carbonyl (C=O) groups is 2. The lowest BCUT2D eigenvalue weighted by molar-refractivity contribution is 0.208. The summed E-state index contributed by atoms with van der Waals surface area (Å²) in [6.07, 6.45) is 0.878. The van der Waals surface area contributed by atoms with E-state index in [1.807, 2.05) is 19.1 Å². The molecule has 138 valence electrons. The first kappa shape index (κ1) is 19.5. The van der Waals surface area contributed by atoms with E-state index in [0.717, 1.165) is 5.56 Å². The summed E-state index contributed by atoms with van der Waals surface area (Å²) in [6, 6.07) is 15.2. The van der Waals surface area contributed by atoms with Gasteiger partial charge in [0.05, 0.1) is 6.07 Å². The Morgan fingerprint density at radius 1 is 1.26 bits per heavy atom. The first-order valence-corrected chi connectivity index (χ1v) is 8.22. The van der Waals surface area contributed by atoms with Crippen molar-refractivity contribution in [3.05, 3.63) is 66.7 Å². The minimum absolute atomic E-state index is 0.149. The number of carbonyl (C=O) groups excluding carboxylic acids is 2. The molecule has 0 spiro atoms. The lowest BCUT2D eigenvalue weighted by Gasteiger charge is -2.19. The van der Waals surface area contributed by atoms with Gasteiger partial charge in [-0.25, -0.2) is 9.59 Å². The maximum Gasteiger partial charge on any atom is 0.420 e. The third-order valence-corrected chi connectivity index (χ3v) is 3.47. The Morgan fingerprint density at radius 2 is 2.04 bits per heavy atom. The Hall–Kier alpha value is -3.79. The minimum atomic E-state index is -0.685. The summed E-state index contributed by atoms with van der Waals surface area (Å²) in [4.78, 5) is 25.5. The molecule has 0 fully saturated rings. The van der Waals surface area contributed by atoms with Crippen LogP contribution in [-0.2, 0) is 0 Å². The van der Waals surface area contributed by atoms with Crippen LogP contribution in [-0.4, -0.2) is 25.2 Å². The number of amides is 3. The van der Waals surface area contributed by atoms with Crippen molar-refractivity contribution in [2.24, 2.45) is 0 Å². The molecule has 0 atom stereocenters. The Labute approximate surface area is 157 Å². The normalized spacial score (nSPS) is 9.63. The summed E-state index contributed by atoms with van der Waals surface area (Å²) >= 11 is 0. The average molecular weight is 364 g/mol. The summed E-state index contributed by atoms with van der Waals surface area (Å²) in [5, 5.41) is 14.2. The van der Waals surface area contributed by atoms with Gasteiger partial charge in [0.1, 0.15) is 12.3 Å². The molecular formula is C20H20N4O3. The second-order valence-electron chi connectivity index (χ2n) is 5.60. The molecule has 0 saturated carbocycles. The van der Waals surface area contributed by atoms with Gasteiger partial charge >= 0.3 is 12.1 Å². The Kier molecular flexibility index (Phi) is 6.97. The van der Waals surface area contributed by atoms with E-state index in [9.17, 15) is 9.59 Å². The fourth-order valence-electron chi connectivity index (χ4n) is 2.26. The van der Waals surface area contributed by atoms with Gasteiger partial charge in [-0.2, -0.15) is 5.26 Å². The summed E-state index contributed by atoms with van der Waals surface area (Å²) in [5.41, 5.74) is 1.99. The van der Waals surface area contributed by atoms with Gasteiger partial charge in [-0.15, -0.1) is 6.58 Å². The van der Waals surface area contributed by atoms with Crippen LogP contribution in [0, 0.1) is 18.3 Å². The molecule has 0 aliphatic heterocycles. The maximum absolute atomic E-state index is 12.5. The second-order valence-corrected chi connectivity index (χ2v) is 5.60. The van der Waals surface area contributed by atoms with E-state index in [1.165, 1.54) is 11.0 Å². The number of hydrogen-bond acceptors (Lipinski definition) is 4. The molecule has 0 bridgehead atoms. The highest BCUT2D eigenvalue weighted by atomic mass is 16.6. The molecule has 2 N–H and O–H groups in total. The van der Waals surface area contributed by atoms with Crippen LogP contribution in [0.25, 0.3) is 0 Å². The van der Waals surface area contributed by atoms with Gasteiger partial charge in [0.15, 0.2) is 0 Å². The van der Waals surface area contributed by atoms with Crippen LogP contribution in [0.1, 0.15) is 5.56 Å². The molecule has 0 aliphatic rings. The van der Waals surface area contributed by atoms with E-state index in [-0.39, 0.29) is 12.3 Å². The van der Waals surface area contributed by atoms with Gasteiger partial charge in [-0.05, 0) is 36.8 Å². The van der Waals surface area contributed by atoms with Crippen molar-refractivity contribution in [2.75, 3.05) is 23.3 Å². The molecule has 0 aromatic heterocycles. The Morgan fingerprint density at radius 3 is 2.74 bits per heavy atom. The zero-order valence-corrected chi connectivity index (χ0v) is 14.9. The second kappa shape index (κ2) is 9.63. The number of aryl methyl sites for hydroxylation is 1. The molecular weight excluding hydrogens is 344 g/mol. The fraction of sp³-hybridized carbons (Fsp3) is 0.150. The predicted molar refractivity (Wildman–Crippen MR) is 104 cm³/mol. The van der Waals surface area contributed by atoms with E-state index in [2.05, 4.69) is 17.2 Å². The van der Waals surface area contributed by atoms with E-state index >= 15 is 0 Å². The van der Waals surface area contributed by atoms with Crippen molar-refractivity contribution in [3.8, 4) is 11.8 Å².